The van der Waals surface area contributed by atoms with Crippen LogP contribution in [0.4, 0.5) is 0 Å². The van der Waals surface area contributed by atoms with Gasteiger partial charge in [-0.3, -0.25) is 4.90 Å². The van der Waals surface area contributed by atoms with Gasteiger partial charge in [0, 0.05) is 19.1 Å². The van der Waals surface area contributed by atoms with Crippen LogP contribution in [0.3, 0.4) is 0 Å². The van der Waals surface area contributed by atoms with E-state index in [0.717, 1.165) is 19.6 Å². The van der Waals surface area contributed by atoms with E-state index in [1.54, 1.807) is 5.56 Å². The van der Waals surface area contributed by atoms with Gasteiger partial charge < -0.3 is 5.32 Å². The SMILES string of the molecule is Cc1cc(C)c(C2CCNCCN2C)c(C)c1. The maximum atomic E-state index is 3.49. The van der Waals surface area contributed by atoms with Crippen molar-refractivity contribution in [3.63, 3.8) is 0 Å². The average molecular weight is 232 g/mol. The number of aryl methyl sites for hydroxylation is 3. The Bertz CT molecular complexity index is 375. The molecule has 0 radical (unpaired) electrons. The van der Waals surface area contributed by atoms with Crippen LogP contribution < -0.4 is 5.32 Å². The van der Waals surface area contributed by atoms with Gasteiger partial charge in [0.25, 0.3) is 0 Å². The molecule has 1 saturated heterocycles. The molecule has 17 heavy (non-hydrogen) atoms. The van der Waals surface area contributed by atoms with Crippen molar-refractivity contribution < 1.29 is 0 Å². The summed E-state index contributed by atoms with van der Waals surface area (Å²) in [5.41, 5.74) is 5.81. The molecule has 0 aliphatic carbocycles. The highest BCUT2D eigenvalue weighted by molar-refractivity contribution is 5.39. The van der Waals surface area contributed by atoms with Gasteiger partial charge in [-0.1, -0.05) is 17.7 Å². The molecule has 1 aliphatic heterocycles. The van der Waals surface area contributed by atoms with E-state index in [1.807, 2.05) is 0 Å². The number of likely N-dealkylation sites (N-methyl/N-ethyl adjacent to an activating group) is 1. The number of benzene rings is 1. The second-order valence-corrected chi connectivity index (χ2v) is 5.35. The fourth-order valence-electron chi connectivity index (χ4n) is 3.08. The van der Waals surface area contributed by atoms with Crippen LogP contribution in [-0.2, 0) is 0 Å². The number of hydrogen-bond donors (Lipinski definition) is 1. The highest BCUT2D eigenvalue weighted by Gasteiger charge is 2.22. The fraction of sp³-hybridized carbons (Fsp3) is 0.600. The summed E-state index contributed by atoms with van der Waals surface area (Å²) in [6.07, 6.45) is 1.21. The van der Waals surface area contributed by atoms with Crippen molar-refractivity contribution in [1.29, 1.82) is 0 Å². The zero-order chi connectivity index (χ0) is 12.4. The minimum absolute atomic E-state index is 0.575. The Labute approximate surface area is 105 Å². The predicted octanol–water partition coefficient (Wildman–Crippen LogP) is 2.58. The highest BCUT2D eigenvalue weighted by atomic mass is 15.2. The second kappa shape index (κ2) is 5.19. The van der Waals surface area contributed by atoms with Crippen LogP contribution in [0.5, 0.6) is 0 Å². The first-order chi connectivity index (χ1) is 8.09. The Hall–Kier alpha value is -0.860. The molecule has 0 aromatic heterocycles. The van der Waals surface area contributed by atoms with E-state index in [4.69, 9.17) is 0 Å². The quantitative estimate of drug-likeness (QED) is 0.800. The van der Waals surface area contributed by atoms with E-state index in [0.29, 0.717) is 6.04 Å². The van der Waals surface area contributed by atoms with Crippen LogP contribution in [0.25, 0.3) is 0 Å². The largest absolute Gasteiger partial charge is 0.315 e. The minimum Gasteiger partial charge on any atom is -0.315 e. The molecule has 1 N–H and O–H groups in total. The summed E-state index contributed by atoms with van der Waals surface area (Å²) < 4.78 is 0. The van der Waals surface area contributed by atoms with Gasteiger partial charge in [0.05, 0.1) is 0 Å². The minimum atomic E-state index is 0.575. The first kappa shape index (κ1) is 12.6. The lowest BCUT2D eigenvalue weighted by Gasteiger charge is -2.29. The maximum absolute atomic E-state index is 3.49. The molecule has 0 saturated carbocycles. The Morgan fingerprint density at radius 1 is 1.12 bits per heavy atom. The Kier molecular flexibility index (Phi) is 3.85. The first-order valence-electron chi connectivity index (χ1n) is 6.58. The van der Waals surface area contributed by atoms with Gasteiger partial charge in [-0.15, -0.1) is 0 Å². The highest BCUT2D eigenvalue weighted by Crippen LogP contribution is 2.30. The van der Waals surface area contributed by atoms with Crippen molar-refractivity contribution in [2.24, 2.45) is 0 Å². The molecule has 0 spiro atoms. The Balaban J connectivity index is 2.37. The topological polar surface area (TPSA) is 15.3 Å². The maximum Gasteiger partial charge on any atom is 0.0362 e. The molecule has 1 heterocycles. The molecule has 0 amide bonds. The zero-order valence-electron chi connectivity index (χ0n) is 11.5. The Morgan fingerprint density at radius 3 is 2.41 bits per heavy atom. The number of nitrogens with one attached hydrogen (secondary N) is 1. The van der Waals surface area contributed by atoms with E-state index in [1.165, 1.54) is 23.1 Å². The van der Waals surface area contributed by atoms with Crippen LogP contribution in [-0.4, -0.2) is 31.6 Å². The van der Waals surface area contributed by atoms with Crippen LogP contribution in [0.1, 0.15) is 34.7 Å². The van der Waals surface area contributed by atoms with Gasteiger partial charge in [-0.25, -0.2) is 0 Å². The summed E-state index contributed by atoms with van der Waals surface area (Å²) in [6.45, 7) is 10.1. The molecule has 94 valence electrons. The molecular formula is C15H24N2. The predicted molar refractivity (Wildman–Crippen MR) is 73.5 cm³/mol. The van der Waals surface area contributed by atoms with Gasteiger partial charge in [0.15, 0.2) is 0 Å². The normalized spacial score (nSPS) is 22.5. The van der Waals surface area contributed by atoms with Crippen molar-refractivity contribution in [1.82, 2.24) is 10.2 Å². The van der Waals surface area contributed by atoms with Gasteiger partial charge in [0.2, 0.25) is 0 Å². The lowest BCUT2D eigenvalue weighted by molar-refractivity contribution is 0.256. The summed E-state index contributed by atoms with van der Waals surface area (Å²) in [5.74, 6) is 0. The molecule has 1 aliphatic rings. The van der Waals surface area contributed by atoms with E-state index >= 15 is 0 Å². The summed E-state index contributed by atoms with van der Waals surface area (Å²) >= 11 is 0. The molecule has 1 atom stereocenters. The number of nitrogens with zero attached hydrogens (tertiary/aromatic N) is 1. The van der Waals surface area contributed by atoms with Crippen LogP contribution >= 0.6 is 0 Å². The van der Waals surface area contributed by atoms with E-state index in [9.17, 15) is 0 Å². The third-order valence-electron chi connectivity index (χ3n) is 3.84. The lowest BCUT2D eigenvalue weighted by atomic mass is 9.92. The van der Waals surface area contributed by atoms with Crippen LogP contribution in [0.2, 0.25) is 0 Å². The third kappa shape index (κ3) is 2.70. The van der Waals surface area contributed by atoms with Crippen LogP contribution in [0.15, 0.2) is 12.1 Å². The fourth-order valence-corrected chi connectivity index (χ4v) is 3.08. The second-order valence-electron chi connectivity index (χ2n) is 5.35. The molecule has 1 fully saturated rings. The molecule has 2 rings (SSSR count). The van der Waals surface area contributed by atoms with Gasteiger partial charge in [-0.2, -0.15) is 0 Å². The van der Waals surface area contributed by atoms with Crippen molar-refractivity contribution >= 4 is 0 Å². The van der Waals surface area contributed by atoms with E-state index in [-0.39, 0.29) is 0 Å². The monoisotopic (exact) mass is 232 g/mol. The van der Waals surface area contributed by atoms with E-state index < -0.39 is 0 Å². The summed E-state index contributed by atoms with van der Waals surface area (Å²) in [4.78, 5) is 2.49. The average Bonchev–Trinajstić information content (AvgIpc) is 2.43. The standard InChI is InChI=1S/C15H24N2/c1-11-9-12(2)15(13(3)10-11)14-5-6-16-7-8-17(14)4/h9-10,14,16H,5-8H2,1-4H3. The molecule has 2 heteroatoms. The van der Waals surface area contributed by atoms with Crippen LogP contribution in [0, 0.1) is 20.8 Å². The molecule has 2 nitrogen and oxygen atoms in total. The summed E-state index contributed by atoms with van der Waals surface area (Å²) in [6, 6.07) is 5.20. The third-order valence-corrected chi connectivity index (χ3v) is 3.84. The summed E-state index contributed by atoms with van der Waals surface area (Å²) in [7, 11) is 2.25. The van der Waals surface area contributed by atoms with E-state index in [2.05, 4.69) is 50.2 Å². The van der Waals surface area contributed by atoms with Gasteiger partial charge in [-0.05, 0) is 57.5 Å². The number of hydrogen-bond acceptors (Lipinski definition) is 2. The van der Waals surface area contributed by atoms with Crippen molar-refractivity contribution in [2.45, 2.75) is 33.2 Å². The van der Waals surface area contributed by atoms with Crippen molar-refractivity contribution in [2.75, 3.05) is 26.7 Å². The van der Waals surface area contributed by atoms with Crippen molar-refractivity contribution in [3.05, 3.63) is 34.4 Å². The smallest absolute Gasteiger partial charge is 0.0362 e. The Morgan fingerprint density at radius 2 is 1.76 bits per heavy atom. The molecule has 0 bridgehead atoms. The summed E-state index contributed by atoms with van der Waals surface area (Å²) in [5, 5.41) is 3.49. The van der Waals surface area contributed by atoms with Gasteiger partial charge >= 0.3 is 0 Å². The zero-order valence-corrected chi connectivity index (χ0v) is 11.5. The number of rotatable bonds is 1. The molecular weight excluding hydrogens is 208 g/mol. The molecule has 1 aromatic carbocycles. The lowest BCUT2D eigenvalue weighted by Crippen LogP contribution is -2.27. The van der Waals surface area contributed by atoms with Gasteiger partial charge in [0.1, 0.15) is 0 Å². The molecule has 1 unspecified atom stereocenters. The first-order valence-corrected chi connectivity index (χ1v) is 6.58. The van der Waals surface area contributed by atoms with Crippen molar-refractivity contribution in [3.8, 4) is 0 Å². The molecule has 1 aromatic rings.